The van der Waals surface area contributed by atoms with Crippen molar-refractivity contribution in [1.29, 1.82) is 5.26 Å². The van der Waals surface area contributed by atoms with Gasteiger partial charge < -0.3 is 15.6 Å². The van der Waals surface area contributed by atoms with E-state index in [-0.39, 0.29) is 11.8 Å². The Labute approximate surface area is 128 Å². The zero-order valence-electron chi connectivity index (χ0n) is 11.3. The van der Waals surface area contributed by atoms with Crippen LogP contribution >= 0.6 is 11.6 Å². The summed E-state index contributed by atoms with van der Waals surface area (Å²) in [5.41, 5.74) is 8.09. The smallest absolute Gasteiger partial charge is 0.205 e. The lowest BCUT2D eigenvalue weighted by Gasteiger charge is -2.34. The van der Waals surface area contributed by atoms with E-state index < -0.39 is 6.10 Å². The summed E-state index contributed by atoms with van der Waals surface area (Å²) in [5.74, 6) is 0.289. The van der Waals surface area contributed by atoms with Crippen LogP contribution in [0.3, 0.4) is 0 Å². The van der Waals surface area contributed by atoms with Crippen molar-refractivity contribution >= 4 is 11.6 Å². The largest absolute Gasteiger partial charge is 0.442 e. The summed E-state index contributed by atoms with van der Waals surface area (Å²) in [7, 11) is 0. The molecule has 0 radical (unpaired) electrons. The third-order valence-corrected chi connectivity index (χ3v) is 4.20. The first kappa shape index (κ1) is 14.0. The fourth-order valence-electron chi connectivity index (χ4n) is 3.04. The van der Waals surface area contributed by atoms with E-state index in [0.717, 1.165) is 24.0 Å². The van der Waals surface area contributed by atoms with Crippen LogP contribution in [0.1, 0.15) is 30.7 Å². The molecule has 0 fully saturated rings. The Morgan fingerprint density at radius 2 is 2.24 bits per heavy atom. The molecule has 0 amide bonds. The third-order valence-electron chi connectivity index (χ3n) is 3.97. The van der Waals surface area contributed by atoms with Crippen LogP contribution in [0.5, 0.6) is 0 Å². The summed E-state index contributed by atoms with van der Waals surface area (Å²) in [5, 5.41) is 20.2. The maximum atomic E-state index is 10.1. The Kier molecular flexibility index (Phi) is 3.62. The van der Waals surface area contributed by atoms with Gasteiger partial charge in [-0.05, 0) is 42.5 Å². The van der Waals surface area contributed by atoms with Gasteiger partial charge >= 0.3 is 0 Å². The predicted octanol–water partition coefficient (Wildman–Crippen LogP) is 2.95. The van der Waals surface area contributed by atoms with E-state index >= 15 is 0 Å². The molecular formula is C16H15ClN2O2. The summed E-state index contributed by atoms with van der Waals surface area (Å²) >= 11 is 6.07. The maximum absolute atomic E-state index is 10.1. The molecule has 5 heteroatoms. The van der Waals surface area contributed by atoms with Crippen molar-refractivity contribution in [3.05, 3.63) is 57.6 Å². The van der Waals surface area contributed by atoms with E-state index in [1.165, 1.54) is 0 Å². The van der Waals surface area contributed by atoms with Gasteiger partial charge in [0.25, 0.3) is 0 Å². The number of halogens is 1. The number of allylic oxidation sites excluding steroid dienone is 2. The monoisotopic (exact) mass is 302 g/mol. The molecule has 1 aromatic carbocycles. The van der Waals surface area contributed by atoms with Crippen molar-refractivity contribution in [1.82, 2.24) is 0 Å². The molecule has 0 bridgehead atoms. The van der Waals surface area contributed by atoms with Crippen molar-refractivity contribution in [2.45, 2.75) is 31.3 Å². The number of aliphatic hydroxyl groups is 1. The molecule has 1 aromatic rings. The van der Waals surface area contributed by atoms with Crippen molar-refractivity contribution in [2.75, 3.05) is 0 Å². The van der Waals surface area contributed by atoms with Crippen LogP contribution in [0, 0.1) is 11.3 Å². The van der Waals surface area contributed by atoms with E-state index in [1.807, 2.05) is 18.2 Å². The quantitative estimate of drug-likeness (QED) is 0.836. The molecule has 3 N–H and O–H groups in total. The van der Waals surface area contributed by atoms with Crippen LogP contribution < -0.4 is 5.73 Å². The Bertz CT molecular complexity index is 688. The van der Waals surface area contributed by atoms with E-state index in [4.69, 9.17) is 22.1 Å². The molecular weight excluding hydrogens is 288 g/mol. The Hall–Kier alpha value is -1.96. The summed E-state index contributed by atoms with van der Waals surface area (Å²) in [4.78, 5) is 0. The van der Waals surface area contributed by atoms with Gasteiger partial charge in [0.1, 0.15) is 23.5 Å². The first-order chi connectivity index (χ1) is 10.1. The van der Waals surface area contributed by atoms with Gasteiger partial charge in [-0.25, -0.2) is 0 Å². The normalized spacial score (nSPS) is 25.2. The average molecular weight is 303 g/mol. The molecule has 2 atom stereocenters. The fourth-order valence-corrected chi connectivity index (χ4v) is 3.24. The molecule has 0 aromatic heterocycles. The molecule has 3 rings (SSSR count). The molecule has 1 aliphatic carbocycles. The van der Waals surface area contributed by atoms with Crippen LogP contribution in [-0.4, -0.2) is 11.2 Å². The number of rotatable bonds is 1. The lowest BCUT2D eigenvalue weighted by Crippen LogP contribution is -2.29. The highest BCUT2D eigenvalue weighted by atomic mass is 35.5. The van der Waals surface area contributed by atoms with E-state index in [1.54, 1.807) is 6.07 Å². The van der Waals surface area contributed by atoms with Crippen LogP contribution in [-0.2, 0) is 4.74 Å². The molecule has 1 aliphatic heterocycles. The van der Waals surface area contributed by atoms with Gasteiger partial charge in [-0.1, -0.05) is 23.7 Å². The molecule has 4 nitrogen and oxygen atoms in total. The minimum atomic E-state index is -0.658. The molecule has 108 valence electrons. The number of aliphatic hydroxyl groups excluding tert-OH is 1. The first-order valence-electron chi connectivity index (χ1n) is 6.86. The Balaban J connectivity index is 2.16. The lowest BCUT2D eigenvalue weighted by atomic mass is 9.78. The molecule has 0 unspecified atom stereocenters. The molecule has 0 spiro atoms. The fraction of sp³-hybridized carbons (Fsp3) is 0.312. The van der Waals surface area contributed by atoms with Gasteiger partial charge in [0, 0.05) is 10.9 Å². The summed E-state index contributed by atoms with van der Waals surface area (Å²) in [6.07, 6.45) is 1.63. The summed E-state index contributed by atoms with van der Waals surface area (Å²) < 4.78 is 5.52. The van der Waals surface area contributed by atoms with Gasteiger partial charge in [0.2, 0.25) is 5.88 Å². The molecule has 0 saturated heterocycles. The summed E-state index contributed by atoms with van der Waals surface area (Å²) in [6, 6.07) is 9.51. The van der Waals surface area contributed by atoms with Gasteiger partial charge in [-0.3, -0.25) is 0 Å². The SMILES string of the molecule is N#CC1=C(N)OC2=C(CCC[C@@H]2O)[C@H]1c1cccc(Cl)c1. The molecule has 21 heavy (non-hydrogen) atoms. The second kappa shape index (κ2) is 5.44. The zero-order valence-corrected chi connectivity index (χ0v) is 12.1. The number of nitrogens with zero attached hydrogens (tertiary/aromatic N) is 1. The van der Waals surface area contributed by atoms with Gasteiger partial charge in [0.05, 0.1) is 0 Å². The van der Waals surface area contributed by atoms with Gasteiger partial charge in [0.15, 0.2) is 0 Å². The van der Waals surface area contributed by atoms with Gasteiger partial charge in [-0.2, -0.15) is 5.26 Å². The highest BCUT2D eigenvalue weighted by Gasteiger charge is 2.36. The van der Waals surface area contributed by atoms with E-state index in [9.17, 15) is 10.4 Å². The highest BCUT2D eigenvalue weighted by molar-refractivity contribution is 6.30. The minimum Gasteiger partial charge on any atom is -0.442 e. The lowest BCUT2D eigenvalue weighted by molar-refractivity contribution is 0.105. The number of nitrogens with two attached hydrogens (primary N) is 1. The second-order valence-corrected chi connectivity index (χ2v) is 5.71. The van der Waals surface area contributed by atoms with Crippen molar-refractivity contribution in [2.24, 2.45) is 5.73 Å². The first-order valence-corrected chi connectivity index (χ1v) is 7.23. The van der Waals surface area contributed by atoms with Crippen molar-refractivity contribution in [3.63, 3.8) is 0 Å². The van der Waals surface area contributed by atoms with Crippen LogP contribution in [0.4, 0.5) is 0 Å². The number of ether oxygens (including phenoxy) is 1. The van der Waals surface area contributed by atoms with E-state index in [2.05, 4.69) is 6.07 Å². The second-order valence-electron chi connectivity index (χ2n) is 5.28. The Morgan fingerprint density at radius 3 is 2.95 bits per heavy atom. The highest BCUT2D eigenvalue weighted by Crippen LogP contribution is 2.44. The standard InChI is InChI=1S/C16H15ClN2O2/c17-10-4-1-3-9(7-10)14-11-5-2-6-13(20)15(11)21-16(19)12(14)8-18/h1,3-4,7,13-14,20H,2,5-6,19H2/t13-,14+/m0/s1. The van der Waals surface area contributed by atoms with Crippen molar-refractivity contribution < 1.29 is 9.84 Å². The number of hydrogen-bond donors (Lipinski definition) is 2. The van der Waals surface area contributed by atoms with E-state index in [0.29, 0.717) is 22.8 Å². The van der Waals surface area contributed by atoms with Gasteiger partial charge in [-0.15, -0.1) is 0 Å². The van der Waals surface area contributed by atoms with Crippen molar-refractivity contribution in [3.8, 4) is 6.07 Å². The Morgan fingerprint density at radius 1 is 1.43 bits per heavy atom. The number of benzene rings is 1. The molecule has 0 saturated carbocycles. The number of nitriles is 1. The van der Waals surface area contributed by atoms with Crippen LogP contribution in [0.2, 0.25) is 5.02 Å². The number of hydrogen-bond acceptors (Lipinski definition) is 4. The molecule has 1 heterocycles. The zero-order chi connectivity index (χ0) is 15.0. The maximum Gasteiger partial charge on any atom is 0.205 e. The van der Waals surface area contributed by atoms with Crippen LogP contribution in [0.25, 0.3) is 0 Å². The van der Waals surface area contributed by atoms with Crippen LogP contribution in [0.15, 0.2) is 47.1 Å². The third kappa shape index (κ3) is 2.39. The minimum absolute atomic E-state index is 0.0715. The molecule has 2 aliphatic rings. The average Bonchev–Trinajstić information content (AvgIpc) is 2.47. The summed E-state index contributed by atoms with van der Waals surface area (Å²) in [6.45, 7) is 0. The predicted molar refractivity (Wildman–Crippen MR) is 79.0 cm³/mol. The topological polar surface area (TPSA) is 79.3 Å².